The van der Waals surface area contributed by atoms with E-state index in [1.165, 1.54) is 41.1 Å². The van der Waals surface area contributed by atoms with Gasteiger partial charge in [-0.2, -0.15) is 0 Å². The van der Waals surface area contributed by atoms with E-state index in [9.17, 15) is 0 Å². The molecule has 230 valence electrons. The third-order valence-electron chi connectivity index (χ3n) is 9.64. The molecule has 40 heavy (non-hydrogen) atoms. The van der Waals surface area contributed by atoms with Crippen LogP contribution in [-0.4, -0.2) is 97.0 Å². The van der Waals surface area contributed by atoms with Gasteiger partial charge in [-0.05, 0) is 105 Å². The number of hydrogen-bond donors (Lipinski definition) is 0. The maximum atomic E-state index is 7.12. The Morgan fingerprint density at radius 2 is 1.27 bits per heavy atom. The summed E-state index contributed by atoms with van der Waals surface area (Å²) in [6.07, 6.45) is 4.37. The van der Waals surface area contributed by atoms with Gasteiger partial charge in [0.2, 0.25) is 0 Å². The van der Waals surface area contributed by atoms with Crippen LogP contribution in [0.15, 0.2) is 14.8 Å². The van der Waals surface area contributed by atoms with E-state index < -0.39 is 6.82 Å². The third-order valence-corrected chi connectivity index (χ3v) is 12.8. The second-order valence-electron chi connectivity index (χ2n) is 11.7. The molecule has 0 radical (unpaired) electrons. The van der Waals surface area contributed by atoms with Crippen molar-refractivity contribution < 1.29 is 70.7 Å². The Morgan fingerprint density at radius 1 is 0.825 bits per heavy atom. The number of fused-ring (bicyclic) bond motifs is 2. The largest absolute Gasteiger partial charge is 1.00 e. The number of halogens is 4. The number of hydrogen-bond acceptors (Lipinski definition) is 2. The highest BCUT2D eigenvalue weighted by molar-refractivity contribution is 14.1. The van der Waals surface area contributed by atoms with Crippen molar-refractivity contribution in [1.82, 2.24) is 4.48 Å². The molecule has 0 saturated heterocycles. The quantitative estimate of drug-likeness (QED) is 0.117. The highest BCUT2D eigenvalue weighted by Crippen LogP contribution is 2.41. The third kappa shape index (κ3) is 7.55. The van der Waals surface area contributed by atoms with Gasteiger partial charge in [0, 0.05) is 53.9 Å². The summed E-state index contributed by atoms with van der Waals surface area (Å²) in [6, 6.07) is 0. The first kappa shape index (κ1) is 39.3. The van der Waals surface area contributed by atoms with Crippen LogP contribution in [0.2, 0.25) is 0 Å². The van der Waals surface area contributed by atoms with Gasteiger partial charge in [0.05, 0.1) is 56.9 Å². The number of nitrogens with zero attached hydrogens (tertiary/aromatic N) is 4. The van der Waals surface area contributed by atoms with Gasteiger partial charge in [0.25, 0.3) is 0 Å². The van der Waals surface area contributed by atoms with Crippen LogP contribution in [0.25, 0.3) is 6.08 Å². The Hall–Kier alpha value is 1.25. The number of rotatable bonds is 14. The van der Waals surface area contributed by atoms with E-state index in [1.54, 1.807) is 0 Å². The highest BCUT2D eigenvalue weighted by atomic mass is 127. The van der Waals surface area contributed by atoms with Crippen molar-refractivity contribution in [2.24, 2.45) is 0 Å². The Morgan fingerprint density at radius 3 is 1.70 bits per heavy atom. The van der Waals surface area contributed by atoms with Crippen LogP contribution in [0.3, 0.4) is 0 Å². The molecule has 3 rings (SSSR count). The molecule has 0 fully saturated rings. The first-order chi connectivity index (χ1) is 17.8. The topological polar surface area (TPSA) is 26.4 Å². The van der Waals surface area contributed by atoms with Gasteiger partial charge < -0.3 is 75.2 Å². The maximum absolute atomic E-state index is 7.12. The molecular weight excluding hydrogens is 955 g/mol. The summed E-state index contributed by atoms with van der Waals surface area (Å²) in [5, 5.41) is 0. The fraction of sp³-hybridized carbons (Fsp3) is 0.690. The SMILES string of the molecule is CC[N+](C)(CC)CCCO[B-]1(OCCC[N+](C)(CC)CC)n2c(C)c(I)c(C)c2C=C2C(C)=C(I)C(C)=[N+]21.[I-].[I-]. The van der Waals surface area contributed by atoms with Crippen LogP contribution >= 0.6 is 45.2 Å². The van der Waals surface area contributed by atoms with Gasteiger partial charge in [-0.25, -0.2) is 0 Å². The molecule has 1 aromatic rings. The zero-order chi connectivity index (χ0) is 28.5. The summed E-state index contributed by atoms with van der Waals surface area (Å²) in [5.74, 6) is 0. The second-order valence-corrected chi connectivity index (χ2v) is 13.9. The smallest absolute Gasteiger partial charge is 0.666 e. The summed E-state index contributed by atoms with van der Waals surface area (Å²) in [6.45, 7) is 24.2. The molecule has 6 nitrogen and oxygen atoms in total. The minimum atomic E-state index is -1.96. The number of allylic oxidation sites excluding steroid dienone is 2. The van der Waals surface area contributed by atoms with Crippen molar-refractivity contribution in [2.45, 2.75) is 68.2 Å². The monoisotopic (exact) mass is 1010 g/mol. The molecule has 0 amide bonds. The Balaban J connectivity index is 0.00000400. The lowest BCUT2D eigenvalue weighted by atomic mass is 9.81. The molecule has 11 heteroatoms. The van der Waals surface area contributed by atoms with E-state index in [-0.39, 0.29) is 48.0 Å². The lowest BCUT2D eigenvalue weighted by Crippen LogP contribution is -3.00. The van der Waals surface area contributed by atoms with E-state index in [1.807, 2.05) is 0 Å². The van der Waals surface area contributed by atoms with E-state index in [4.69, 9.17) is 9.31 Å². The van der Waals surface area contributed by atoms with Crippen LogP contribution in [0.5, 0.6) is 0 Å². The molecule has 2 aliphatic heterocycles. The summed E-state index contributed by atoms with van der Waals surface area (Å²) in [5.41, 5.74) is 7.52. The van der Waals surface area contributed by atoms with Gasteiger partial charge >= 0.3 is 6.82 Å². The highest BCUT2D eigenvalue weighted by Gasteiger charge is 2.56. The van der Waals surface area contributed by atoms with Gasteiger partial charge in [-0.3, -0.25) is 0 Å². The first-order valence-corrected chi connectivity index (χ1v) is 16.7. The van der Waals surface area contributed by atoms with Crippen molar-refractivity contribution in [1.29, 1.82) is 0 Å². The molecule has 0 atom stereocenters. The lowest BCUT2D eigenvalue weighted by Gasteiger charge is -2.42. The van der Waals surface area contributed by atoms with Crippen LogP contribution < -0.4 is 48.0 Å². The molecule has 0 bridgehead atoms. The minimum absolute atomic E-state index is 0. The van der Waals surface area contributed by atoms with Gasteiger partial charge in [-0.1, -0.05) is 0 Å². The molecule has 2 aliphatic rings. The average Bonchev–Trinajstić information content (AvgIpc) is 3.28. The van der Waals surface area contributed by atoms with Crippen molar-refractivity contribution in [2.75, 3.05) is 66.6 Å². The van der Waals surface area contributed by atoms with Crippen LogP contribution in [0.4, 0.5) is 0 Å². The molecule has 0 saturated carbocycles. The van der Waals surface area contributed by atoms with Gasteiger partial charge in [0.1, 0.15) is 5.71 Å². The summed E-state index contributed by atoms with van der Waals surface area (Å²) in [7, 11) is 4.70. The summed E-state index contributed by atoms with van der Waals surface area (Å²) < 4.78 is 23.8. The molecule has 1 aromatic heterocycles. The fourth-order valence-corrected chi connectivity index (χ4v) is 7.01. The number of aromatic nitrogens is 1. The molecule has 0 aromatic carbocycles. The number of quaternary nitrogens is 2. The molecule has 0 N–H and O–H groups in total. The van der Waals surface area contributed by atoms with Crippen LogP contribution in [0.1, 0.15) is 71.3 Å². The predicted molar refractivity (Wildman–Crippen MR) is 179 cm³/mol. The van der Waals surface area contributed by atoms with Crippen LogP contribution in [0, 0.1) is 17.4 Å². The summed E-state index contributed by atoms with van der Waals surface area (Å²) >= 11 is 5.00. The molecule has 0 aliphatic carbocycles. The molecule has 0 unspecified atom stereocenters. The van der Waals surface area contributed by atoms with Crippen molar-refractivity contribution in [3.63, 3.8) is 0 Å². The molecule has 0 spiro atoms. The Labute approximate surface area is 305 Å². The predicted octanol–water partition coefficient (Wildman–Crippen LogP) is 0.338. The zero-order valence-electron chi connectivity index (χ0n) is 26.3. The van der Waals surface area contributed by atoms with Gasteiger partial charge in [0.15, 0.2) is 5.70 Å². The van der Waals surface area contributed by atoms with Crippen molar-refractivity contribution in [3.8, 4) is 0 Å². The van der Waals surface area contributed by atoms with E-state index in [2.05, 4.69) is 130 Å². The maximum Gasteiger partial charge on any atom is 0.666 e. The minimum Gasteiger partial charge on any atom is -1.00 e. The van der Waals surface area contributed by atoms with Gasteiger partial charge in [-0.15, -0.1) is 0 Å². The molecule has 3 heterocycles. The Bertz CT molecular complexity index is 1110. The average molecular weight is 1010 g/mol. The first-order valence-electron chi connectivity index (χ1n) is 14.5. The van der Waals surface area contributed by atoms with E-state index in [0.717, 1.165) is 61.1 Å². The fourth-order valence-electron chi connectivity index (χ4n) is 5.94. The van der Waals surface area contributed by atoms with Crippen LogP contribution in [-0.2, 0) is 9.31 Å². The standard InChI is InChI=1S/C29H51BI2N4O2.2HI/c1-11-35(9,12-2)17-15-19-37-30(38-20-16-18-36(10,13-3)14-4)33-24(7)28(31)22(5)26(33)21-27-23(6)29(32)25(8)34(27)30;;/h21H,11-20H2,1-10H3;2*1H/q+2;;/p-2. The van der Waals surface area contributed by atoms with E-state index in [0.29, 0.717) is 13.2 Å². The zero-order valence-corrected chi connectivity index (χ0v) is 35.0. The van der Waals surface area contributed by atoms with E-state index >= 15 is 0 Å². The normalized spacial score (nSPS) is 16.4. The van der Waals surface area contributed by atoms with Crippen molar-refractivity contribution >= 4 is 63.8 Å². The molecular formula is C29H51BI4N4O2. The second kappa shape index (κ2) is 16.0. The lowest BCUT2D eigenvalue weighted by molar-refractivity contribution is -0.906. The van der Waals surface area contributed by atoms with Crippen molar-refractivity contribution in [3.05, 3.63) is 35.4 Å². The Kier molecular flexibility index (Phi) is 15.7. The summed E-state index contributed by atoms with van der Waals surface area (Å²) in [4.78, 5) is 0.